The number of aromatic nitrogens is 1. The zero-order chi connectivity index (χ0) is 12.6. The van der Waals surface area contributed by atoms with Crippen molar-refractivity contribution in [2.75, 3.05) is 6.54 Å². The number of nitrogens with two attached hydrogens (primary N) is 1. The highest BCUT2D eigenvalue weighted by Crippen LogP contribution is 2.32. The second kappa shape index (κ2) is 4.27. The number of fused-ring (bicyclic) bond motifs is 1. The maximum absolute atomic E-state index is 13.2. The second-order valence-electron chi connectivity index (χ2n) is 4.37. The first kappa shape index (κ1) is 12.3. The Kier molecular flexibility index (Phi) is 3.10. The lowest BCUT2D eigenvalue weighted by Crippen LogP contribution is -2.31. The van der Waals surface area contributed by atoms with E-state index in [-0.39, 0.29) is 10.4 Å². The lowest BCUT2D eigenvalue weighted by atomic mass is 9.88. The van der Waals surface area contributed by atoms with Gasteiger partial charge >= 0.3 is 0 Å². The third kappa shape index (κ3) is 2.03. The Morgan fingerprint density at radius 2 is 2.24 bits per heavy atom. The first-order valence-corrected chi connectivity index (χ1v) is 5.84. The molecule has 2 aromatic rings. The van der Waals surface area contributed by atoms with Crippen molar-refractivity contribution in [3.63, 3.8) is 0 Å². The highest BCUT2D eigenvalue weighted by Gasteiger charge is 2.29. The Morgan fingerprint density at radius 1 is 1.53 bits per heavy atom. The van der Waals surface area contributed by atoms with Gasteiger partial charge in [0, 0.05) is 12.6 Å². The van der Waals surface area contributed by atoms with Crippen LogP contribution in [-0.4, -0.2) is 11.5 Å². The first-order chi connectivity index (χ1) is 8.00. The average molecular weight is 257 g/mol. The molecule has 2 N–H and O–H groups in total. The van der Waals surface area contributed by atoms with Crippen molar-refractivity contribution in [2.45, 2.75) is 25.7 Å². The van der Waals surface area contributed by atoms with Crippen molar-refractivity contribution >= 4 is 22.7 Å². The molecule has 0 saturated heterocycles. The number of oxazole rings is 1. The molecule has 0 aliphatic carbocycles. The molecule has 0 aliphatic heterocycles. The predicted molar refractivity (Wildman–Crippen MR) is 65.7 cm³/mol. The number of hydrogen-bond donors (Lipinski definition) is 1. The van der Waals surface area contributed by atoms with Gasteiger partial charge in [0.15, 0.2) is 5.58 Å². The molecule has 92 valence electrons. The number of nitrogens with zero attached hydrogens (tertiary/aromatic N) is 1. The van der Waals surface area contributed by atoms with Crippen molar-refractivity contribution in [3.05, 3.63) is 28.9 Å². The molecule has 0 amide bonds. The number of benzene rings is 1. The summed E-state index contributed by atoms with van der Waals surface area (Å²) in [6.45, 7) is 4.38. The molecule has 1 aromatic carbocycles. The van der Waals surface area contributed by atoms with E-state index in [9.17, 15) is 4.39 Å². The van der Waals surface area contributed by atoms with Gasteiger partial charge in [0.25, 0.3) is 0 Å². The number of halogens is 2. The molecule has 0 spiro atoms. The molecule has 1 unspecified atom stereocenters. The second-order valence-corrected chi connectivity index (χ2v) is 4.78. The highest BCUT2D eigenvalue weighted by atomic mass is 35.5. The van der Waals surface area contributed by atoms with Gasteiger partial charge in [-0.2, -0.15) is 0 Å². The van der Waals surface area contributed by atoms with E-state index in [1.165, 1.54) is 12.1 Å². The summed E-state index contributed by atoms with van der Waals surface area (Å²) in [5.74, 6) is 0.0818. The summed E-state index contributed by atoms with van der Waals surface area (Å²) < 4.78 is 18.8. The highest BCUT2D eigenvalue weighted by molar-refractivity contribution is 6.34. The minimum Gasteiger partial charge on any atom is -0.438 e. The van der Waals surface area contributed by atoms with Gasteiger partial charge in [0.05, 0.1) is 10.4 Å². The Balaban J connectivity index is 2.62. The third-order valence-electron chi connectivity index (χ3n) is 3.16. The normalized spacial score (nSPS) is 15.1. The molecule has 3 nitrogen and oxygen atoms in total. The fraction of sp³-hybridized carbons (Fsp3) is 0.417. The molecule has 0 saturated carbocycles. The van der Waals surface area contributed by atoms with Crippen LogP contribution >= 0.6 is 11.6 Å². The van der Waals surface area contributed by atoms with E-state index >= 15 is 0 Å². The summed E-state index contributed by atoms with van der Waals surface area (Å²) >= 11 is 5.91. The van der Waals surface area contributed by atoms with E-state index in [4.69, 9.17) is 21.8 Å². The van der Waals surface area contributed by atoms with E-state index in [1.54, 1.807) is 0 Å². The lowest BCUT2D eigenvalue weighted by Gasteiger charge is -2.21. The Bertz CT molecular complexity index is 549. The molecule has 0 aliphatic rings. The van der Waals surface area contributed by atoms with Gasteiger partial charge in [0.2, 0.25) is 5.89 Å². The Labute approximate surface area is 104 Å². The largest absolute Gasteiger partial charge is 0.438 e. The summed E-state index contributed by atoms with van der Waals surface area (Å²) in [7, 11) is 0. The van der Waals surface area contributed by atoms with Crippen LogP contribution in [0.25, 0.3) is 11.1 Å². The SMILES string of the molecule is CCC(C)(CN)c1nc2cc(F)cc(Cl)c2o1. The molecular formula is C12H14ClFN2O. The fourth-order valence-corrected chi connectivity index (χ4v) is 1.84. The van der Waals surface area contributed by atoms with Crippen molar-refractivity contribution in [2.24, 2.45) is 5.73 Å². The van der Waals surface area contributed by atoms with Gasteiger partial charge < -0.3 is 10.2 Å². The maximum atomic E-state index is 13.2. The van der Waals surface area contributed by atoms with E-state index in [2.05, 4.69) is 4.98 Å². The summed E-state index contributed by atoms with van der Waals surface area (Å²) in [6.07, 6.45) is 0.788. The first-order valence-electron chi connectivity index (χ1n) is 5.46. The van der Waals surface area contributed by atoms with Crippen LogP contribution in [0.2, 0.25) is 5.02 Å². The van der Waals surface area contributed by atoms with Crippen LogP contribution in [0.3, 0.4) is 0 Å². The van der Waals surface area contributed by atoms with Crippen molar-refractivity contribution in [1.82, 2.24) is 4.98 Å². The molecular weight excluding hydrogens is 243 g/mol. The molecule has 0 fully saturated rings. The van der Waals surface area contributed by atoms with Crippen LogP contribution in [0.15, 0.2) is 16.5 Å². The van der Waals surface area contributed by atoms with Gasteiger partial charge in [-0.3, -0.25) is 0 Å². The molecule has 17 heavy (non-hydrogen) atoms. The van der Waals surface area contributed by atoms with E-state index in [1.807, 2.05) is 13.8 Å². The Morgan fingerprint density at radius 3 is 2.82 bits per heavy atom. The lowest BCUT2D eigenvalue weighted by molar-refractivity contribution is 0.354. The molecule has 1 atom stereocenters. The fourth-order valence-electron chi connectivity index (χ4n) is 1.60. The third-order valence-corrected chi connectivity index (χ3v) is 3.44. The van der Waals surface area contributed by atoms with Crippen LogP contribution in [0.1, 0.15) is 26.2 Å². The number of rotatable bonds is 3. The topological polar surface area (TPSA) is 52.0 Å². The number of hydrogen-bond acceptors (Lipinski definition) is 3. The predicted octanol–water partition coefficient (Wildman–Crippen LogP) is 3.25. The minimum atomic E-state index is -0.423. The maximum Gasteiger partial charge on any atom is 0.202 e. The van der Waals surface area contributed by atoms with Crippen molar-refractivity contribution < 1.29 is 8.81 Å². The zero-order valence-corrected chi connectivity index (χ0v) is 10.5. The minimum absolute atomic E-state index is 0.231. The standard InChI is InChI=1S/C12H14ClFN2O/c1-3-12(2,6-15)11-16-9-5-7(14)4-8(13)10(9)17-11/h4-5H,3,6,15H2,1-2H3. The summed E-state index contributed by atoms with van der Waals surface area (Å²) in [6, 6.07) is 2.52. The summed E-state index contributed by atoms with van der Waals surface area (Å²) in [5, 5.41) is 0.231. The smallest absolute Gasteiger partial charge is 0.202 e. The van der Waals surface area contributed by atoms with Gasteiger partial charge in [-0.05, 0) is 19.4 Å². The average Bonchev–Trinajstić information content (AvgIpc) is 2.72. The van der Waals surface area contributed by atoms with Crippen LogP contribution in [-0.2, 0) is 5.41 Å². The van der Waals surface area contributed by atoms with Crippen LogP contribution in [0.5, 0.6) is 0 Å². The van der Waals surface area contributed by atoms with Gasteiger partial charge in [-0.15, -0.1) is 0 Å². The molecule has 0 radical (unpaired) electrons. The Hall–Kier alpha value is -1.13. The molecule has 5 heteroatoms. The van der Waals surface area contributed by atoms with Crippen LogP contribution in [0, 0.1) is 5.82 Å². The zero-order valence-electron chi connectivity index (χ0n) is 9.76. The van der Waals surface area contributed by atoms with Crippen molar-refractivity contribution in [3.8, 4) is 0 Å². The van der Waals surface area contributed by atoms with E-state index < -0.39 is 5.82 Å². The van der Waals surface area contributed by atoms with E-state index in [0.717, 1.165) is 6.42 Å². The summed E-state index contributed by atoms with van der Waals surface area (Å²) in [5.41, 5.74) is 6.23. The van der Waals surface area contributed by atoms with Gasteiger partial charge in [-0.25, -0.2) is 9.37 Å². The van der Waals surface area contributed by atoms with Gasteiger partial charge in [0.1, 0.15) is 11.3 Å². The van der Waals surface area contributed by atoms with Crippen molar-refractivity contribution in [1.29, 1.82) is 0 Å². The summed E-state index contributed by atoms with van der Waals surface area (Å²) in [4.78, 5) is 4.28. The molecule has 0 bridgehead atoms. The van der Waals surface area contributed by atoms with Crippen LogP contribution < -0.4 is 5.73 Å². The monoisotopic (exact) mass is 256 g/mol. The molecule has 1 aromatic heterocycles. The molecule has 2 rings (SSSR count). The van der Waals surface area contributed by atoms with Crippen LogP contribution in [0.4, 0.5) is 4.39 Å². The van der Waals surface area contributed by atoms with E-state index in [0.29, 0.717) is 23.5 Å². The van der Waals surface area contributed by atoms with Gasteiger partial charge in [-0.1, -0.05) is 18.5 Å². The molecule has 1 heterocycles. The quantitative estimate of drug-likeness (QED) is 0.917.